The monoisotopic (exact) mass is 483 g/mol. The molecule has 35 heavy (non-hydrogen) atoms. The van der Waals surface area contributed by atoms with Gasteiger partial charge in [-0.2, -0.15) is 0 Å². The first-order valence-electron chi connectivity index (χ1n) is 9.99. The highest BCUT2D eigenvalue weighted by atomic mass is 16.5. The summed E-state index contributed by atoms with van der Waals surface area (Å²) in [6.45, 7) is 0. The molecule has 0 amide bonds. The summed E-state index contributed by atoms with van der Waals surface area (Å²) >= 11 is 0. The molecule has 3 aromatic rings. The van der Waals surface area contributed by atoms with Crippen molar-refractivity contribution in [3.63, 3.8) is 0 Å². The summed E-state index contributed by atoms with van der Waals surface area (Å²) in [6.07, 6.45) is 0.863. The fourth-order valence-electron chi connectivity index (χ4n) is 3.76. The van der Waals surface area contributed by atoms with Crippen LogP contribution < -0.4 is 0 Å². The van der Waals surface area contributed by atoms with Gasteiger partial charge in [0.25, 0.3) is 0 Å². The van der Waals surface area contributed by atoms with Gasteiger partial charge < -0.3 is 28.3 Å². The molecule has 0 saturated heterocycles. The van der Waals surface area contributed by atoms with Gasteiger partial charge in [0, 0.05) is 10.8 Å². The molecule has 1 heterocycles. The van der Waals surface area contributed by atoms with Crippen LogP contribution >= 0.6 is 0 Å². The van der Waals surface area contributed by atoms with E-state index in [2.05, 4.69) is 4.74 Å². The van der Waals surface area contributed by atoms with Crippen LogP contribution in [0.25, 0.3) is 27.5 Å². The number of esters is 5. The maximum atomic E-state index is 13.0. The Morgan fingerprint density at radius 1 is 0.743 bits per heavy atom. The largest absolute Gasteiger partial charge is 0.466 e. The Labute approximate surface area is 198 Å². The van der Waals surface area contributed by atoms with E-state index in [1.165, 1.54) is 4.57 Å². The molecule has 0 saturated carbocycles. The number of ether oxygens (including phenoxy) is 5. The van der Waals surface area contributed by atoms with Crippen molar-refractivity contribution in [1.29, 1.82) is 0 Å². The topological polar surface area (TPSA) is 136 Å². The lowest BCUT2D eigenvalue weighted by molar-refractivity contribution is -0.137. The van der Waals surface area contributed by atoms with E-state index in [1.54, 1.807) is 24.3 Å². The smallest absolute Gasteiger partial charge is 0.355 e. The Kier molecular flexibility index (Phi) is 7.19. The van der Waals surface area contributed by atoms with E-state index >= 15 is 0 Å². The summed E-state index contributed by atoms with van der Waals surface area (Å²) in [7, 11) is 5.56. The molecule has 0 bridgehead atoms. The number of benzene rings is 2. The van der Waals surface area contributed by atoms with E-state index in [-0.39, 0.29) is 33.3 Å². The molecule has 0 aliphatic rings. The standard InChI is InChI=1S/C24H21NO10/c1-31-17(26)11-16(23(29)34-4)25-15-9-7-6-8-12(15)18-13(21(27)32-2)10-14(22(28)33-3)19(20(18)25)24(30)35-5/h6-11H,1-5H3. The van der Waals surface area contributed by atoms with Gasteiger partial charge in [-0.1, -0.05) is 18.2 Å². The Hall–Kier alpha value is -4.67. The number of rotatable bonds is 6. The van der Waals surface area contributed by atoms with Gasteiger partial charge in [-0.25, -0.2) is 24.0 Å². The number of hydrogen-bond acceptors (Lipinski definition) is 10. The molecule has 0 fully saturated rings. The molecule has 0 aliphatic heterocycles. The van der Waals surface area contributed by atoms with Crippen LogP contribution in [0.15, 0.2) is 36.4 Å². The SMILES string of the molecule is COC(=O)C=C(C(=O)OC)n1c2ccccc2c2c(C(=O)OC)cc(C(=O)OC)c(C(=O)OC)c21. The molecular formula is C24H21NO10. The van der Waals surface area contributed by atoms with Crippen LogP contribution in [0.2, 0.25) is 0 Å². The molecule has 0 unspecified atom stereocenters. The van der Waals surface area contributed by atoms with Gasteiger partial charge in [-0.05, 0) is 12.1 Å². The minimum atomic E-state index is -0.961. The summed E-state index contributed by atoms with van der Waals surface area (Å²) in [5.41, 5.74) is -0.847. The second-order valence-corrected chi connectivity index (χ2v) is 6.94. The minimum Gasteiger partial charge on any atom is -0.466 e. The van der Waals surface area contributed by atoms with E-state index in [0.29, 0.717) is 10.9 Å². The van der Waals surface area contributed by atoms with Crippen LogP contribution in [0.3, 0.4) is 0 Å². The third-order valence-electron chi connectivity index (χ3n) is 5.23. The number of fused-ring (bicyclic) bond motifs is 3. The van der Waals surface area contributed by atoms with Crippen LogP contribution in [0.1, 0.15) is 31.1 Å². The van der Waals surface area contributed by atoms with E-state index in [1.807, 2.05) is 0 Å². The van der Waals surface area contributed by atoms with Crippen molar-refractivity contribution in [1.82, 2.24) is 4.57 Å². The Balaban J connectivity index is 2.76. The van der Waals surface area contributed by atoms with Crippen LogP contribution in [-0.4, -0.2) is 70.0 Å². The first-order valence-corrected chi connectivity index (χ1v) is 9.99. The minimum absolute atomic E-state index is 0.0816. The van der Waals surface area contributed by atoms with Crippen molar-refractivity contribution in [3.05, 3.63) is 53.1 Å². The number of aromatic nitrogens is 1. The zero-order valence-corrected chi connectivity index (χ0v) is 19.5. The maximum absolute atomic E-state index is 13.0. The van der Waals surface area contributed by atoms with Gasteiger partial charge >= 0.3 is 29.8 Å². The average Bonchev–Trinajstić information content (AvgIpc) is 3.23. The summed E-state index contributed by atoms with van der Waals surface area (Å²) < 4.78 is 25.4. The average molecular weight is 483 g/mol. The lowest BCUT2D eigenvalue weighted by atomic mass is 9.97. The van der Waals surface area contributed by atoms with Crippen molar-refractivity contribution in [2.75, 3.05) is 35.5 Å². The predicted octanol–water partition coefficient (Wildman–Crippen LogP) is 2.34. The number of carbonyl (C=O) groups is 5. The van der Waals surface area contributed by atoms with Crippen molar-refractivity contribution in [3.8, 4) is 0 Å². The van der Waals surface area contributed by atoms with Crippen LogP contribution in [-0.2, 0) is 33.3 Å². The molecule has 1 aromatic heterocycles. The van der Waals surface area contributed by atoms with Crippen LogP contribution in [0.5, 0.6) is 0 Å². The van der Waals surface area contributed by atoms with E-state index in [0.717, 1.165) is 47.7 Å². The molecule has 0 radical (unpaired) electrons. The molecule has 11 heteroatoms. The lowest BCUT2D eigenvalue weighted by Gasteiger charge is -2.15. The number of methoxy groups -OCH3 is 5. The lowest BCUT2D eigenvalue weighted by Crippen LogP contribution is -2.18. The first-order chi connectivity index (χ1) is 16.7. The first kappa shape index (κ1) is 25.0. The quantitative estimate of drug-likeness (QED) is 0.292. The Morgan fingerprint density at radius 3 is 1.91 bits per heavy atom. The number of para-hydroxylation sites is 1. The maximum Gasteiger partial charge on any atom is 0.355 e. The fraction of sp³-hybridized carbons (Fsp3) is 0.208. The van der Waals surface area contributed by atoms with Crippen molar-refractivity contribution in [2.24, 2.45) is 0 Å². The van der Waals surface area contributed by atoms with E-state index < -0.39 is 29.8 Å². The summed E-state index contributed by atoms with van der Waals surface area (Å²) in [5.74, 6) is -4.59. The Morgan fingerprint density at radius 2 is 1.34 bits per heavy atom. The highest BCUT2D eigenvalue weighted by Crippen LogP contribution is 2.39. The van der Waals surface area contributed by atoms with Gasteiger partial charge in [-0.15, -0.1) is 0 Å². The number of nitrogens with zero attached hydrogens (tertiary/aromatic N) is 1. The zero-order chi connectivity index (χ0) is 25.9. The second-order valence-electron chi connectivity index (χ2n) is 6.94. The van der Waals surface area contributed by atoms with Gasteiger partial charge in [-0.3, -0.25) is 0 Å². The highest BCUT2D eigenvalue weighted by Gasteiger charge is 2.32. The van der Waals surface area contributed by atoms with Crippen LogP contribution in [0, 0.1) is 0 Å². The predicted molar refractivity (Wildman–Crippen MR) is 122 cm³/mol. The summed E-state index contributed by atoms with van der Waals surface area (Å²) in [5, 5.41) is 0.573. The van der Waals surface area contributed by atoms with Gasteiger partial charge in [0.05, 0.1) is 69.3 Å². The molecule has 3 rings (SSSR count). The number of carbonyl (C=O) groups excluding carboxylic acids is 5. The number of hydrogen-bond donors (Lipinski definition) is 0. The molecule has 0 spiro atoms. The van der Waals surface area contributed by atoms with E-state index in [4.69, 9.17) is 18.9 Å². The molecular weight excluding hydrogens is 462 g/mol. The molecule has 0 N–H and O–H groups in total. The van der Waals surface area contributed by atoms with E-state index in [9.17, 15) is 24.0 Å². The third-order valence-corrected chi connectivity index (χ3v) is 5.23. The van der Waals surface area contributed by atoms with Gasteiger partial charge in [0.15, 0.2) is 0 Å². The molecule has 182 valence electrons. The zero-order valence-electron chi connectivity index (χ0n) is 19.5. The van der Waals surface area contributed by atoms with Crippen LogP contribution in [0.4, 0.5) is 0 Å². The molecule has 11 nitrogen and oxygen atoms in total. The second kappa shape index (κ2) is 10.1. The fourth-order valence-corrected chi connectivity index (χ4v) is 3.76. The van der Waals surface area contributed by atoms with Crippen molar-refractivity contribution >= 4 is 57.3 Å². The van der Waals surface area contributed by atoms with Gasteiger partial charge in [0.1, 0.15) is 5.70 Å². The third kappa shape index (κ3) is 4.19. The van der Waals surface area contributed by atoms with Crippen molar-refractivity contribution < 1.29 is 47.7 Å². The molecule has 0 atom stereocenters. The normalized spacial score (nSPS) is 11.2. The molecule has 2 aromatic carbocycles. The summed E-state index contributed by atoms with van der Waals surface area (Å²) in [6, 6.07) is 7.68. The Bertz CT molecular complexity index is 1410. The molecule has 0 aliphatic carbocycles. The highest BCUT2D eigenvalue weighted by molar-refractivity contribution is 6.28. The summed E-state index contributed by atoms with van der Waals surface area (Å²) in [4.78, 5) is 63.5. The van der Waals surface area contributed by atoms with Crippen molar-refractivity contribution in [2.45, 2.75) is 0 Å². The van der Waals surface area contributed by atoms with Gasteiger partial charge in [0.2, 0.25) is 0 Å².